The van der Waals surface area contributed by atoms with Crippen LogP contribution in [0, 0.1) is 12.3 Å². The van der Waals surface area contributed by atoms with Crippen molar-refractivity contribution in [1.82, 2.24) is 14.5 Å². The Morgan fingerprint density at radius 3 is 2.90 bits per heavy atom. The van der Waals surface area contributed by atoms with Crippen molar-refractivity contribution in [2.45, 2.75) is 32.7 Å². The molecule has 2 rings (SSSR count). The van der Waals surface area contributed by atoms with E-state index in [1.54, 1.807) is 27.9 Å². The van der Waals surface area contributed by atoms with Crippen LogP contribution in [-0.2, 0) is 16.1 Å². The summed E-state index contributed by atoms with van der Waals surface area (Å²) in [6.07, 6.45) is 6.71. The molecule has 1 aromatic heterocycles. The highest BCUT2D eigenvalue weighted by Gasteiger charge is 2.42. The number of carbonyl (C=O) groups is 2. The average molecular weight is 291 g/mol. The first-order valence-electron chi connectivity index (χ1n) is 7.08. The van der Waals surface area contributed by atoms with Gasteiger partial charge in [0.15, 0.2) is 0 Å². The smallest absolute Gasteiger partial charge is 0.311 e. The molecule has 0 radical (unpaired) electrons. The molecule has 0 spiro atoms. The number of amides is 1. The number of aliphatic carboxylic acids is 1. The van der Waals surface area contributed by atoms with Gasteiger partial charge in [0.2, 0.25) is 5.91 Å². The summed E-state index contributed by atoms with van der Waals surface area (Å²) in [5.74, 6) is -0.139. The van der Waals surface area contributed by atoms with Gasteiger partial charge in [0.1, 0.15) is 12.4 Å². The first-order chi connectivity index (χ1) is 9.98. The number of rotatable bonds is 5. The summed E-state index contributed by atoms with van der Waals surface area (Å²) in [7, 11) is 0. The van der Waals surface area contributed by atoms with Crippen molar-refractivity contribution in [2.75, 3.05) is 13.1 Å². The molecule has 0 aliphatic carbocycles. The number of carboxylic acid groups (broad SMARTS) is 1. The van der Waals surface area contributed by atoms with Crippen LogP contribution in [0.2, 0.25) is 0 Å². The number of aryl methyl sites for hydroxylation is 1. The van der Waals surface area contributed by atoms with Gasteiger partial charge >= 0.3 is 5.97 Å². The number of aromatic nitrogens is 2. The summed E-state index contributed by atoms with van der Waals surface area (Å²) in [5, 5.41) is 9.52. The molecule has 0 bridgehead atoms. The van der Waals surface area contributed by atoms with E-state index in [2.05, 4.69) is 11.6 Å². The summed E-state index contributed by atoms with van der Waals surface area (Å²) >= 11 is 0. The quantitative estimate of drug-likeness (QED) is 0.833. The lowest BCUT2D eigenvalue weighted by atomic mass is 9.77. The van der Waals surface area contributed by atoms with E-state index >= 15 is 0 Å². The van der Waals surface area contributed by atoms with E-state index in [1.165, 1.54) is 0 Å². The third kappa shape index (κ3) is 3.15. The number of likely N-dealkylation sites (tertiary alicyclic amines) is 1. The fourth-order valence-corrected chi connectivity index (χ4v) is 2.87. The zero-order chi connectivity index (χ0) is 15.5. The number of piperidine rings is 1. The number of imidazole rings is 1. The lowest BCUT2D eigenvalue weighted by Gasteiger charge is -2.39. The number of hydrogen-bond donors (Lipinski definition) is 1. The van der Waals surface area contributed by atoms with Crippen LogP contribution in [-0.4, -0.2) is 44.5 Å². The second kappa shape index (κ2) is 6.11. The van der Waals surface area contributed by atoms with Crippen LogP contribution in [0.5, 0.6) is 0 Å². The van der Waals surface area contributed by atoms with Crippen molar-refractivity contribution in [2.24, 2.45) is 5.41 Å². The normalized spacial score (nSPS) is 22.0. The summed E-state index contributed by atoms with van der Waals surface area (Å²) in [6.45, 7) is 6.55. The molecule has 1 fully saturated rings. The molecule has 0 saturated carbocycles. The molecule has 114 valence electrons. The number of carboxylic acids is 1. The fraction of sp³-hybridized carbons (Fsp3) is 0.533. The Kier molecular flexibility index (Phi) is 4.45. The molecule has 1 aliphatic heterocycles. The largest absolute Gasteiger partial charge is 0.481 e. The minimum Gasteiger partial charge on any atom is -0.481 e. The first kappa shape index (κ1) is 15.3. The lowest BCUT2D eigenvalue weighted by molar-refractivity contribution is -0.154. The van der Waals surface area contributed by atoms with Gasteiger partial charge < -0.3 is 14.6 Å². The minimum absolute atomic E-state index is 0.0644. The predicted octanol–water partition coefficient (Wildman–Crippen LogP) is 1.46. The van der Waals surface area contributed by atoms with Gasteiger partial charge in [-0.25, -0.2) is 4.98 Å². The zero-order valence-corrected chi connectivity index (χ0v) is 12.3. The van der Waals surface area contributed by atoms with Crippen molar-refractivity contribution in [3.8, 4) is 0 Å². The van der Waals surface area contributed by atoms with Crippen molar-refractivity contribution in [3.05, 3.63) is 30.9 Å². The SMILES string of the molecule is C=CC[C@]1(C(=O)O)CCCN(C(=O)Cn2ccnc2C)C1. The number of allylic oxidation sites excluding steroid dienone is 1. The zero-order valence-electron chi connectivity index (χ0n) is 12.3. The molecule has 1 atom stereocenters. The molecule has 0 unspecified atom stereocenters. The second-order valence-electron chi connectivity index (χ2n) is 5.60. The first-order valence-corrected chi connectivity index (χ1v) is 7.08. The molecule has 1 N–H and O–H groups in total. The molecule has 2 heterocycles. The standard InChI is InChI=1S/C15H21N3O3/c1-3-5-15(14(20)21)6-4-8-18(11-15)13(19)10-17-9-7-16-12(17)2/h3,7,9H,1,4-6,8,10-11H2,2H3,(H,20,21)/t15-/m0/s1. The van der Waals surface area contributed by atoms with Crippen molar-refractivity contribution >= 4 is 11.9 Å². The molecule has 21 heavy (non-hydrogen) atoms. The van der Waals surface area contributed by atoms with Crippen LogP contribution in [0.1, 0.15) is 25.1 Å². The maximum Gasteiger partial charge on any atom is 0.311 e. The van der Waals surface area contributed by atoms with Crippen LogP contribution >= 0.6 is 0 Å². The Morgan fingerprint density at radius 2 is 2.33 bits per heavy atom. The molecule has 1 aromatic rings. The Morgan fingerprint density at radius 1 is 1.57 bits per heavy atom. The van der Waals surface area contributed by atoms with E-state index in [1.807, 2.05) is 6.92 Å². The van der Waals surface area contributed by atoms with Crippen LogP contribution < -0.4 is 0 Å². The van der Waals surface area contributed by atoms with E-state index in [4.69, 9.17) is 0 Å². The highest BCUT2D eigenvalue weighted by Crippen LogP contribution is 2.34. The van der Waals surface area contributed by atoms with E-state index in [0.717, 1.165) is 5.82 Å². The average Bonchev–Trinajstić information content (AvgIpc) is 2.84. The summed E-state index contributed by atoms with van der Waals surface area (Å²) in [4.78, 5) is 29.7. The van der Waals surface area contributed by atoms with Crippen molar-refractivity contribution in [1.29, 1.82) is 0 Å². The van der Waals surface area contributed by atoms with E-state index in [0.29, 0.717) is 25.8 Å². The maximum atomic E-state index is 12.4. The number of nitrogens with zero attached hydrogens (tertiary/aromatic N) is 3. The van der Waals surface area contributed by atoms with Gasteiger partial charge in [0.05, 0.1) is 5.41 Å². The van der Waals surface area contributed by atoms with E-state index < -0.39 is 11.4 Å². The van der Waals surface area contributed by atoms with Gasteiger partial charge in [0.25, 0.3) is 0 Å². The fourth-order valence-electron chi connectivity index (χ4n) is 2.87. The van der Waals surface area contributed by atoms with Crippen molar-refractivity contribution in [3.63, 3.8) is 0 Å². The molecule has 1 amide bonds. The summed E-state index contributed by atoms with van der Waals surface area (Å²) in [5.41, 5.74) is -0.889. The Balaban J connectivity index is 2.09. The monoisotopic (exact) mass is 291 g/mol. The Labute approximate surface area is 124 Å². The molecule has 6 heteroatoms. The van der Waals surface area contributed by atoms with Gasteiger partial charge in [-0.15, -0.1) is 6.58 Å². The van der Waals surface area contributed by atoms with Gasteiger partial charge in [-0.2, -0.15) is 0 Å². The topological polar surface area (TPSA) is 75.4 Å². The predicted molar refractivity (Wildman–Crippen MR) is 77.7 cm³/mol. The Bertz CT molecular complexity index is 552. The Hall–Kier alpha value is -2.11. The van der Waals surface area contributed by atoms with Crippen LogP contribution in [0.3, 0.4) is 0 Å². The highest BCUT2D eigenvalue weighted by molar-refractivity contribution is 5.79. The molecule has 1 aliphatic rings. The van der Waals surface area contributed by atoms with Crippen molar-refractivity contribution < 1.29 is 14.7 Å². The van der Waals surface area contributed by atoms with Gasteiger partial charge in [-0.05, 0) is 26.2 Å². The third-order valence-corrected chi connectivity index (χ3v) is 4.15. The summed E-state index contributed by atoms with van der Waals surface area (Å²) in [6, 6.07) is 0. The van der Waals surface area contributed by atoms with Crippen LogP contribution in [0.15, 0.2) is 25.0 Å². The van der Waals surface area contributed by atoms with Crippen LogP contribution in [0.25, 0.3) is 0 Å². The molecule has 0 aromatic carbocycles. The molecule has 1 saturated heterocycles. The lowest BCUT2D eigenvalue weighted by Crippen LogP contribution is -2.50. The van der Waals surface area contributed by atoms with E-state index in [-0.39, 0.29) is 19.0 Å². The summed E-state index contributed by atoms with van der Waals surface area (Å²) < 4.78 is 1.77. The molecular weight excluding hydrogens is 270 g/mol. The second-order valence-corrected chi connectivity index (χ2v) is 5.60. The van der Waals surface area contributed by atoms with Gasteiger partial charge in [0, 0.05) is 25.5 Å². The minimum atomic E-state index is -0.889. The van der Waals surface area contributed by atoms with Gasteiger partial charge in [-0.1, -0.05) is 6.08 Å². The third-order valence-electron chi connectivity index (χ3n) is 4.15. The van der Waals surface area contributed by atoms with E-state index in [9.17, 15) is 14.7 Å². The highest BCUT2D eigenvalue weighted by atomic mass is 16.4. The van der Waals surface area contributed by atoms with Crippen LogP contribution in [0.4, 0.5) is 0 Å². The molecular formula is C15H21N3O3. The van der Waals surface area contributed by atoms with Gasteiger partial charge in [-0.3, -0.25) is 9.59 Å². The molecule has 6 nitrogen and oxygen atoms in total. The number of carbonyl (C=O) groups excluding carboxylic acids is 1. The number of hydrogen-bond acceptors (Lipinski definition) is 3. The maximum absolute atomic E-state index is 12.4.